The number of nitrogens with one attached hydrogen (secondary N) is 1. The lowest BCUT2D eigenvalue weighted by atomic mass is 10.1. The molecule has 1 aliphatic rings. The summed E-state index contributed by atoms with van der Waals surface area (Å²) >= 11 is 0. The van der Waals surface area contributed by atoms with Crippen molar-refractivity contribution < 1.29 is 13.9 Å². The zero-order valence-corrected chi connectivity index (χ0v) is 15.0. The Morgan fingerprint density at radius 3 is 2.96 bits per heavy atom. The van der Waals surface area contributed by atoms with E-state index in [1.165, 1.54) is 11.3 Å². The molecule has 1 amide bonds. The summed E-state index contributed by atoms with van der Waals surface area (Å²) in [4.78, 5) is 14.8. The molecule has 0 saturated carbocycles. The summed E-state index contributed by atoms with van der Waals surface area (Å²) < 4.78 is 10.8. The minimum Gasteiger partial charge on any atom is -0.497 e. The van der Waals surface area contributed by atoms with Crippen LogP contribution in [0.1, 0.15) is 18.1 Å². The van der Waals surface area contributed by atoms with E-state index in [-0.39, 0.29) is 12.3 Å². The quantitative estimate of drug-likeness (QED) is 0.755. The van der Waals surface area contributed by atoms with Crippen LogP contribution in [-0.4, -0.2) is 26.1 Å². The second-order valence-electron chi connectivity index (χ2n) is 6.52. The highest BCUT2D eigenvalue weighted by atomic mass is 16.5. The number of benzene rings is 2. The van der Waals surface area contributed by atoms with Crippen LogP contribution in [0.5, 0.6) is 5.75 Å². The number of likely N-dealkylation sites (N-methyl/N-ethyl adjacent to an activating group) is 1. The van der Waals surface area contributed by atoms with E-state index in [0.29, 0.717) is 0 Å². The normalized spacial score (nSPS) is 13.1. The molecule has 4 rings (SSSR count). The summed E-state index contributed by atoms with van der Waals surface area (Å²) in [7, 11) is 1.62. The molecule has 0 saturated heterocycles. The Hall–Kier alpha value is -2.95. The minimum atomic E-state index is -0.0514. The van der Waals surface area contributed by atoms with Gasteiger partial charge in [0.25, 0.3) is 0 Å². The van der Waals surface area contributed by atoms with Gasteiger partial charge in [0.2, 0.25) is 5.91 Å². The summed E-state index contributed by atoms with van der Waals surface area (Å²) in [6.07, 6.45) is 2.99. The number of carbonyl (C=O) groups is 1. The zero-order chi connectivity index (χ0) is 18.1. The lowest BCUT2D eigenvalue weighted by molar-refractivity contribution is -0.115. The molecule has 2 aromatic carbocycles. The van der Waals surface area contributed by atoms with Crippen LogP contribution in [0.25, 0.3) is 11.0 Å². The molecule has 26 heavy (non-hydrogen) atoms. The molecule has 0 spiro atoms. The van der Waals surface area contributed by atoms with E-state index in [1.54, 1.807) is 13.4 Å². The third kappa shape index (κ3) is 3.01. The van der Waals surface area contributed by atoms with Crippen molar-refractivity contribution in [3.63, 3.8) is 0 Å². The van der Waals surface area contributed by atoms with Crippen LogP contribution in [0.2, 0.25) is 0 Å². The van der Waals surface area contributed by atoms with Gasteiger partial charge in [0.1, 0.15) is 11.3 Å². The number of anilines is 2. The molecule has 1 aromatic heterocycles. The van der Waals surface area contributed by atoms with Crippen LogP contribution in [-0.2, 0) is 17.6 Å². The molecule has 2 heterocycles. The van der Waals surface area contributed by atoms with Gasteiger partial charge >= 0.3 is 0 Å². The summed E-state index contributed by atoms with van der Waals surface area (Å²) in [6.45, 7) is 4.18. The van der Waals surface area contributed by atoms with Crippen LogP contribution >= 0.6 is 0 Å². The first-order valence-electron chi connectivity index (χ1n) is 8.89. The van der Waals surface area contributed by atoms with Crippen molar-refractivity contribution in [3.05, 3.63) is 53.8 Å². The summed E-state index contributed by atoms with van der Waals surface area (Å²) in [5.41, 5.74) is 5.01. The van der Waals surface area contributed by atoms with E-state index in [9.17, 15) is 4.79 Å². The number of furan rings is 1. The van der Waals surface area contributed by atoms with E-state index >= 15 is 0 Å². The van der Waals surface area contributed by atoms with Crippen molar-refractivity contribution in [2.24, 2.45) is 0 Å². The molecule has 0 atom stereocenters. The van der Waals surface area contributed by atoms with Crippen molar-refractivity contribution >= 4 is 28.3 Å². The highest BCUT2D eigenvalue weighted by molar-refractivity contribution is 5.96. The zero-order valence-electron chi connectivity index (χ0n) is 15.0. The molecule has 0 bridgehead atoms. The van der Waals surface area contributed by atoms with Crippen molar-refractivity contribution in [2.45, 2.75) is 19.8 Å². The third-order valence-electron chi connectivity index (χ3n) is 4.96. The van der Waals surface area contributed by atoms with Crippen molar-refractivity contribution in [2.75, 3.05) is 30.4 Å². The van der Waals surface area contributed by atoms with Crippen LogP contribution < -0.4 is 15.0 Å². The van der Waals surface area contributed by atoms with Crippen LogP contribution in [0, 0.1) is 0 Å². The van der Waals surface area contributed by atoms with Gasteiger partial charge in [-0.2, -0.15) is 0 Å². The highest BCUT2D eigenvalue weighted by Crippen LogP contribution is 2.31. The molecule has 0 aliphatic carbocycles. The molecule has 0 radical (unpaired) electrons. The number of rotatable bonds is 5. The number of carbonyl (C=O) groups excluding carboxylic acids is 1. The Morgan fingerprint density at radius 1 is 1.27 bits per heavy atom. The Morgan fingerprint density at radius 2 is 2.15 bits per heavy atom. The highest BCUT2D eigenvalue weighted by Gasteiger charge is 2.18. The summed E-state index contributed by atoms with van der Waals surface area (Å²) in [5, 5.41) is 3.95. The van der Waals surface area contributed by atoms with Gasteiger partial charge in [0, 0.05) is 41.5 Å². The maximum atomic E-state index is 12.5. The molecule has 134 valence electrons. The molecule has 1 N–H and O–H groups in total. The molecular formula is C21H22N2O3. The van der Waals surface area contributed by atoms with Gasteiger partial charge in [-0.15, -0.1) is 0 Å². The Balaban J connectivity index is 1.50. The van der Waals surface area contributed by atoms with Gasteiger partial charge in [-0.25, -0.2) is 0 Å². The van der Waals surface area contributed by atoms with Crippen LogP contribution in [0.4, 0.5) is 11.4 Å². The smallest absolute Gasteiger partial charge is 0.228 e. The second kappa shape index (κ2) is 6.75. The van der Waals surface area contributed by atoms with E-state index < -0.39 is 0 Å². The SMILES string of the molecule is CCN1CCc2ccc(NC(=O)Cc3coc4cc(OC)ccc34)cc21. The van der Waals surface area contributed by atoms with Gasteiger partial charge in [-0.3, -0.25) is 4.79 Å². The van der Waals surface area contributed by atoms with E-state index in [4.69, 9.17) is 9.15 Å². The first-order valence-corrected chi connectivity index (χ1v) is 8.89. The van der Waals surface area contributed by atoms with Crippen LogP contribution in [0.3, 0.4) is 0 Å². The topological polar surface area (TPSA) is 54.7 Å². The average Bonchev–Trinajstić information content (AvgIpc) is 3.24. The van der Waals surface area contributed by atoms with Crippen LogP contribution in [0.15, 0.2) is 47.1 Å². The molecule has 1 aliphatic heterocycles. The number of fused-ring (bicyclic) bond motifs is 2. The van der Waals surface area contributed by atoms with Gasteiger partial charge in [-0.05, 0) is 43.2 Å². The van der Waals surface area contributed by atoms with Crippen molar-refractivity contribution in [1.29, 1.82) is 0 Å². The lowest BCUT2D eigenvalue weighted by Gasteiger charge is -2.17. The Bertz CT molecular complexity index is 961. The predicted octanol–water partition coefficient (Wildman–Crippen LogP) is 4.01. The average molecular weight is 350 g/mol. The molecule has 5 nitrogen and oxygen atoms in total. The molecular weight excluding hydrogens is 328 g/mol. The van der Waals surface area contributed by atoms with Gasteiger partial charge in [-0.1, -0.05) is 6.07 Å². The fourth-order valence-electron chi connectivity index (χ4n) is 3.56. The second-order valence-corrected chi connectivity index (χ2v) is 6.52. The van der Waals surface area contributed by atoms with Crippen molar-refractivity contribution in [3.8, 4) is 5.75 Å². The Kier molecular flexibility index (Phi) is 4.29. The summed E-state index contributed by atoms with van der Waals surface area (Å²) in [6, 6.07) is 11.8. The Labute approximate surface area is 152 Å². The fourth-order valence-corrected chi connectivity index (χ4v) is 3.56. The first kappa shape index (κ1) is 16.5. The molecule has 3 aromatic rings. The van der Waals surface area contributed by atoms with Gasteiger partial charge < -0.3 is 19.4 Å². The maximum absolute atomic E-state index is 12.5. The summed E-state index contributed by atoms with van der Waals surface area (Å²) in [5.74, 6) is 0.686. The van der Waals surface area contributed by atoms with Gasteiger partial charge in [0.15, 0.2) is 0 Å². The number of methoxy groups -OCH3 is 1. The minimum absolute atomic E-state index is 0.0514. The maximum Gasteiger partial charge on any atom is 0.228 e. The number of nitrogens with zero attached hydrogens (tertiary/aromatic N) is 1. The predicted molar refractivity (Wildman–Crippen MR) is 103 cm³/mol. The molecule has 5 heteroatoms. The largest absolute Gasteiger partial charge is 0.497 e. The number of hydrogen-bond acceptors (Lipinski definition) is 4. The van der Waals surface area contributed by atoms with E-state index in [2.05, 4.69) is 29.3 Å². The number of hydrogen-bond donors (Lipinski definition) is 1. The lowest BCUT2D eigenvalue weighted by Crippen LogP contribution is -2.19. The van der Waals surface area contributed by atoms with E-state index in [1.807, 2.05) is 24.3 Å². The number of ether oxygens (including phenoxy) is 1. The van der Waals surface area contributed by atoms with E-state index in [0.717, 1.165) is 47.5 Å². The monoisotopic (exact) mass is 350 g/mol. The number of amides is 1. The molecule has 0 unspecified atom stereocenters. The third-order valence-corrected chi connectivity index (χ3v) is 4.96. The van der Waals surface area contributed by atoms with Gasteiger partial charge in [0.05, 0.1) is 19.8 Å². The fraction of sp³-hybridized carbons (Fsp3) is 0.286. The molecule has 0 fully saturated rings. The first-order chi connectivity index (χ1) is 12.7. The van der Waals surface area contributed by atoms with Crippen molar-refractivity contribution in [1.82, 2.24) is 0 Å². The standard InChI is InChI=1S/C21H22N2O3/c1-3-23-9-8-14-4-5-16(11-19(14)23)22-21(24)10-15-13-26-20-12-17(25-2)6-7-18(15)20/h4-7,11-13H,3,8-10H2,1-2H3,(H,22,24).